The van der Waals surface area contributed by atoms with Crippen molar-refractivity contribution in [1.82, 2.24) is 16.2 Å². The Morgan fingerprint density at radius 3 is 2.36 bits per heavy atom. The maximum Gasteiger partial charge on any atom is 0.276 e. The normalized spacial score (nSPS) is 10.4. The number of hydrazine groups is 1. The second-order valence-electron chi connectivity index (χ2n) is 6.02. The average molecular weight is 398 g/mol. The maximum absolute atomic E-state index is 11.8. The molecular weight excluding hydrogens is 374 g/mol. The van der Waals surface area contributed by atoms with E-state index >= 15 is 0 Å². The van der Waals surface area contributed by atoms with Crippen molar-refractivity contribution in [2.45, 2.75) is 20.3 Å². The van der Waals surface area contributed by atoms with Crippen molar-refractivity contribution in [3.05, 3.63) is 71.3 Å². The zero-order valence-corrected chi connectivity index (χ0v) is 16.6. The van der Waals surface area contributed by atoms with E-state index < -0.39 is 11.8 Å². The van der Waals surface area contributed by atoms with Gasteiger partial charge in [-0.2, -0.15) is 0 Å². The van der Waals surface area contributed by atoms with Crippen LogP contribution in [-0.4, -0.2) is 23.5 Å². The van der Waals surface area contributed by atoms with Crippen molar-refractivity contribution in [1.29, 1.82) is 0 Å². The number of rotatable bonds is 6. The number of thiocarbonyl (C=S) groups is 1. The van der Waals surface area contributed by atoms with E-state index in [9.17, 15) is 9.59 Å². The zero-order chi connectivity index (χ0) is 20.4. The van der Waals surface area contributed by atoms with Crippen LogP contribution in [0.1, 0.15) is 23.6 Å². The van der Waals surface area contributed by atoms with Crippen LogP contribution in [0.3, 0.4) is 0 Å². The first-order chi connectivity index (χ1) is 13.5. The first kappa shape index (κ1) is 21.1. The summed E-state index contributed by atoms with van der Waals surface area (Å²) in [5.74, 6) is -0.226. The van der Waals surface area contributed by atoms with Gasteiger partial charge >= 0.3 is 0 Å². The van der Waals surface area contributed by atoms with E-state index in [0.29, 0.717) is 5.75 Å². The van der Waals surface area contributed by atoms with Crippen LogP contribution in [-0.2, 0) is 16.0 Å². The van der Waals surface area contributed by atoms with Gasteiger partial charge in [-0.3, -0.25) is 25.8 Å². The van der Waals surface area contributed by atoms with Crippen LogP contribution in [0.4, 0.5) is 0 Å². The molecule has 0 heterocycles. The number of carbonyl (C=O) groups excluding carboxylic acids is 2. The number of ether oxygens (including phenoxy) is 1. The molecule has 0 bridgehead atoms. The van der Waals surface area contributed by atoms with Crippen LogP contribution in [0, 0.1) is 6.92 Å². The molecule has 2 aromatic carbocycles. The van der Waals surface area contributed by atoms with Crippen LogP contribution in [0.5, 0.6) is 5.75 Å². The van der Waals surface area contributed by atoms with Crippen LogP contribution in [0.2, 0.25) is 0 Å². The molecule has 0 radical (unpaired) electrons. The largest absolute Gasteiger partial charge is 0.484 e. The fraction of sp³-hybridized carbons (Fsp3) is 0.190. The Bertz CT molecular complexity index is 846. The van der Waals surface area contributed by atoms with Crippen LogP contribution in [0.25, 0.3) is 6.08 Å². The predicted molar refractivity (Wildman–Crippen MR) is 114 cm³/mol. The van der Waals surface area contributed by atoms with Crippen molar-refractivity contribution < 1.29 is 14.3 Å². The fourth-order valence-electron chi connectivity index (χ4n) is 2.17. The van der Waals surface area contributed by atoms with Crippen LogP contribution >= 0.6 is 12.2 Å². The van der Waals surface area contributed by atoms with Crippen molar-refractivity contribution in [3.8, 4) is 5.75 Å². The van der Waals surface area contributed by atoms with E-state index in [1.807, 2.05) is 55.5 Å². The Hall–Kier alpha value is -3.19. The smallest absolute Gasteiger partial charge is 0.276 e. The molecule has 2 amide bonds. The predicted octanol–water partition coefficient (Wildman–Crippen LogP) is 2.67. The third kappa shape index (κ3) is 7.59. The van der Waals surface area contributed by atoms with Gasteiger partial charge in [0.15, 0.2) is 11.7 Å². The molecule has 0 atom stereocenters. The second kappa shape index (κ2) is 10.8. The molecule has 0 unspecified atom stereocenters. The van der Waals surface area contributed by atoms with Gasteiger partial charge in [0, 0.05) is 6.08 Å². The topological polar surface area (TPSA) is 79.5 Å². The van der Waals surface area contributed by atoms with Crippen molar-refractivity contribution in [2.75, 3.05) is 6.61 Å². The SMILES string of the molecule is CCc1ccc(OCC(=O)NNC(=S)NC(=O)/C=C/c2ccc(C)cc2)cc1. The van der Waals surface area contributed by atoms with Gasteiger partial charge in [0.05, 0.1) is 0 Å². The minimum atomic E-state index is -0.425. The minimum absolute atomic E-state index is 0.0146. The molecule has 6 nitrogen and oxygen atoms in total. The van der Waals surface area contributed by atoms with Gasteiger partial charge in [-0.15, -0.1) is 0 Å². The summed E-state index contributed by atoms with van der Waals surface area (Å²) in [6.07, 6.45) is 3.98. The van der Waals surface area contributed by atoms with Crippen molar-refractivity contribution >= 4 is 35.2 Å². The minimum Gasteiger partial charge on any atom is -0.484 e. The average Bonchev–Trinajstić information content (AvgIpc) is 2.70. The summed E-state index contributed by atoms with van der Waals surface area (Å²) in [5, 5.41) is 2.43. The molecule has 0 aliphatic heterocycles. The third-order valence-corrected chi connectivity index (χ3v) is 3.96. The summed E-state index contributed by atoms with van der Waals surface area (Å²) in [6.45, 7) is 3.88. The zero-order valence-electron chi connectivity index (χ0n) is 15.8. The Kier molecular flexibility index (Phi) is 8.17. The summed E-state index contributed by atoms with van der Waals surface area (Å²) in [7, 11) is 0. The Morgan fingerprint density at radius 1 is 1.04 bits per heavy atom. The quantitative estimate of drug-likeness (QED) is 0.397. The van der Waals surface area contributed by atoms with Crippen molar-refractivity contribution in [2.24, 2.45) is 0 Å². The molecule has 0 saturated heterocycles. The van der Waals surface area contributed by atoms with Crippen molar-refractivity contribution in [3.63, 3.8) is 0 Å². The van der Waals surface area contributed by atoms with Gasteiger partial charge in [0.2, 0.25) is 5.91 Å². The summed E-state index contributed by atoms with van der Waals surface area (Å²) in [4.78, 5) is 23.6. The molecule has 0 aliphatic carbocycles. The molecule has 0 spiro atoms. The third-order valence-electron chi connectivity index (χ3n) is 3.76. The lowest BCUT2D eigenvalue weighted by atomic mass is 10.1. The Balaban J connectivity index is 1.68. The Morgan fingerprint density at radius 2 is 1.71 bits per heavy atom. The first-order valence-electron chi connectivity index (χ1n) is 8.82. The summed E-state index contributed by atoms with van der Waals surface area (Å²) < 4.78 is 5.38. The van der Waals surface area contributed by atoms with E-state index in [0.717, 1.165) is 17.5 Å². The van der Waals surface area contributed by atoms with E-state index in [2.05, 4.69) is 23.1 Å². The number of aryl methyl sites for hydroxylation is 2. The summed E-state index contributed by atoms with van der Waals surface area (Å²) in [6, 6.07) is 15.2. The molecule has 7 heteroatoms. The lowest BCUT2D eigenvalue weighted by Gasteiger charge is -2.10. The van der Waals surface area contributed by atoms with E-state index in [-0.39, 0.29) is 11.7 Å². The van der Waals surface area contributed by atoms with Gasteiger partial charge in [0.1, 0.15) is 5.75 Å². The van der Waals surface area contributed by atoms with Crippen LogP contribution in [0.15, 0.2) is 54.6 Å². The van der Waals surface area contributed by atoms with E-state index in [1.54, 1.807) is 6.08 Å². The van der Waals surface area contributed by atoms with E-state index in [1.165, 1.54) is 11.6 Å². The monoisotopic (exact) mass is 397 g/mol. The molecule has 3 N–H and O–H groups in total. The highest BCUT2D eigenvalue weighted by Crippen LogP contribution is 2.12. The molecule has 0 fully saturated rings. The highest BCUT2D eigenvalue weighted by atomic mass is 32.1. The standard InChI is InChI=1S/C21H23N3O3S/c1-3-16-8-11-18(12-9-16)27-14-20(26)23-24-21(28)22-19(25)13-10-17-6-4-15(2)5-7-17/h4-13H,3,14H2,1-2H3,(H,23,26)(H2,22,24,25,28)/b13-10+. The number of benzene rings is 2. The number of hydrogen-bond donors (Lipinski definition) is 3. The van der Waals surface area contributed by atoms with Gasteiger partial charge < -0.3 is 4.74 Å². The Labute approximate surface area is 169 Å². The second-order valence-corrected chi connectivity index (χ2v) is 6.43. The number of amides is 2. The van der Waals surface area contributed by atoms with Gasteiger partial charge in [-0.1, -0.05) is 48.9 Å². The summed E-state index contributed by atoms with van der Waals surface area (Å²) in [5.41, 5.74) is 8.06. The molecular formula is C21H23N3O3S. The molecule has 0 saturated carbocycles. The number of carbonyl (C=O) groups is 2. The summed E-state index contributed by atoms with van der Waals surface area (Å²) >= 11 is 4.97. The number of hydrogen-bond acceptors (Lipinski definition) is 4. The highest BCUT2D eigenvalue weighted by Gasteiger charge is 2.05. The molecule has 0 aromatic heterocycles. The van der Waals surface area contributed by atoms with Crippen LogP contribution < -0.4 is 20.9 Å². The maximum atomic E-state index is 11.8. The van der Waals surface area contributed by atoms with E-state index in [4.69, 9.17) is 17.0 Å². The van der Waals surface area contributed by atoms with Gasteiger partial charge in [-0.25, -0.2) is 0 Å². The molecule has 146 valence electrons. The molecule has 2 rings (SSSR count). The molecule has 0 aliphatic rings. The molecule has 2 aromatic rings. The van der Waals surface area contributed by atoms with Gasteiger partial charge in [0.25, 0.3) is 5.91 Å². The number of nitrogens with one attached hydrogen (secondary N) is 3. The first-order valence-corrected chi connectivity index (χ1v) is 9.23. The van der Waals surface area contributed by atoms with Gasteiger partial charge in [-0.05, 0) is 54.9 Å². The lowest BCUT2D eigenvalue weighted by molar-refractivity contribution is -0.123. The lowest BCUT2D eigenvalue weighted by Crippen LogP contribution is -2.49. The fourth-order valence-corrected chi connectivity index (χ4v) is 2.32. The highest BCUT2D eigenvalue weighted by molar-refractivity contribution is 7.80. The molecule has 28 heavy (non-hydrogen) atoms.